The van der Waals surface area contributed by atoms with Gasteiger partial charge in [-0.15, -0.1) is 0 Å². The van der Waals surface area contributed by atoms with E-state index in [2.05, 4.69) is 200 Å². The molecule has 0 saturated carbocycles. The average molecular weight is 651 g/mol. The Labute approximate surface area is 298 Å². The van der Waals surface area contributed by atoms with E-state index in [4.69, 9.17) is 4.98 Å². The molecule has 0 unspecified atom stereocenters. The first-order valence-electron chi connectivity index (χ1n) is 17.6. The summed E-state index contributed by atoms with van der Waals surface area (Å²) in [5.74, 6) is 0.944. The summed E-state index contributed by atoms with van der Waals surface area (Å²) in [7, 11) is 0. The summed E-state index contributed by atoms with van der Waals surface area (Å²) in [6.45, 7) is 2.20. The van der Waals surface area contributed by atoms with E-state index in [-0.39, 0.29) is 0 Å². The van der Waals surface area contributed by atoms with E-state index in [0.717, 1.165) is 28.1 Å². The second kappa shape index (κ2) is 11.5. The summed E-state index contributed by atoms with van der Waals surface area (Å²) in [5.41, 5.74) is 15.4. The summed E-state index contributed by atoms with van der Waals surface area (Å²) in [6, 6.07) is 68.6. The van der Waals surface area contributed by atoms with Gasteiger partial charge < -0.3 is 0 Å². The number of rotatable bonds is 5. The molecule has 1 aromatic heterocycles. The van der Waals surface area contributed by atoms with Crippen LogP contribution in [0.1, 0.15) is 27.8 Å². The molecule has 0 atom stereocenters. The highest BCUT2D eigenvalue weighted by molar-refractivity contribution is 5.93. The van der Waals surface area contributed by atoms with Crippen LogP contribution in [0.4, 0.5) is 0 Å². The molecule has 1 aliphatic rings. The lowest BCUT2D eigenvalue weighted by Gasteiger charge is -2.34. The Balaban J connectivity index is 1.12. The van der Waals surface area contributed by atoms with Gasteiger partial charge in [-0.3, -0.25) is 4.57 Å². The summed E-state index contributed by atoms with van der Waals surface area (Å²) in [5, 5.41) is 2.39. The molecule has 1 aliphatic carbocycles. The van der Waals surface area contributed by atoms with Gasteiger partial charge in [0.05, 0.1) is 16.4 Å². The molecule has 8 aromatic carbocycles. The monoisotopic (exact) mass is 650 g/mol. The number of imidazole rings is 1. The van der Waals surface area contributed by atoms with Crippen LogP contribution in [0, 0.1) is 6.92 Å². The smallest absolute Gasteiger partial charge is 0.145 e. The molecule has 0 saturated heterocycles. The van der Waals surface area contributed by atoms with Crippen LogP contribution in [0.2, 0.25) is 0 Å². The molecule has 0 radical (unpaired) electrons. The Hall–Kier alpha value is -6.51. The summed E-state index contributed by atoms with van der Waals surface area (Å²) >= 11 is 0. The zero-order valence-electron chi connectivity index (χ0n) is 28.3. The highest BCUT2D eigenvalue weighted by atomic mass is 15.1. The number of hydrogen-bond acceptors (Lipinski definition) is 1. The van der Waals surface area contributed by atoms with Crippen LogP contribution in [0.25, 0.3) is 61.1 Å². The summed E-state index contributed by atoms with van der Waals surface area (Å²) in [4.78, 5) is 5.11. The van der Waals surface area contributed by atoms with Gasteiger partial charge in [-0.05, 0) is 105 Å². The highest BCUT2D eigenvalue weighted by Crippen LogP contribution is 2.57. The van der Waals surface area contributed by atoms with Crippen LogP contribution in [0.3, 0.4) is 0 Å². The number of aryl methyl sites for hydroxylation is 1. The fourth-order valence-electron chi connectivity index (χ4n) is 8.40. The van der Waals surface area contributed by atoms with Gasteiger partial charge in [-0.25, -0.2) is 4.98 Å². The molecule has 0 amide bonds. The molecule has 0 N–H and O–H groups in total. The first kappa shape index (κ1) is 29.4. The van der Waals surface area contributed by atoms with Crippen LogP contribution in [-0.4, -0.2) is 9.55 Å². The Morgan fingerprint density at radius 1 is 0.451 bits per heavy atom. The predicted molar refractivity (Wildman–Crippen MR) is 211 cm³/mol. The minimum absolute atomic E-state index is 0.425. The molecule has 0 bridgehead atoms. The molecular weight excluding hydrogens is 617 g/mol. The van der Waals surface area contributed by atoms with Gasteiger partial charge in [0.1, 0.15) is 5.82 Å². The van der Waals surface area contributed by atoms with Gasteiger partial charge in [-0.1, -0.05) is 151 Å². The van der Waals surface area contributed by atoms with E-state index in [1.54, 1.807) is 0 Å². The maximum Gasteiger partial charge on any atom is 0.145 e. The SMILES string of the molecule is Cc1ccc2c(c1)C(c1ccccc1)(c1ccccc1)c1cc(-c3ccc4cc(-c5nc6ccccc6n5-c5ccccc5)ccc4c3)ccc1-2. The Kier molecular flexibility index (Phi) is 6.65. The van der Waals surface area contributed by atoms with E-state index >= 15 is 0 Å². The van der Waals surface area contributed by atoms with Crippen LogP contribution in [0.5, 0.6) is 0 Å². The topological polar surface area (TPSA) is 17.8 Å². The standard InChI is InChI=1S/C49H34N2/c1-33-21-27-42-43-28-26-37(32-45(43)49(44(42)29-33,39-13-5-2-6-14-39)40-15-7-3-8-16-40)35-22-23-36-31-38(25-24-34(36)30-35)48-50-46-19-11-12-20-47(46)51(48)41-17-9-4-10-18-41/h2-32H,1H3. The third-order valence-corrected chi connectivity index (χ3v) is 10.7. The molecule has 10 rings (SSSR count). The zero-order chi connectivity index (χ0) is 33.9. The largest absolute Gasteiger partial charge is 0.292 e. The number of hydrogen-bond donors (Lipinski definition) is 0. The number of nitrogens with zero attached hydrogens (tertiary/aromatic N) is 2. The van der Waals surface area contributed by atoms with E-state index in [0.29, 0.717) is 0 Å². The van der Waals surface area contributed by atoms with Crippen molar-refractivity contribution in [2.75, 3.05) is 0 Å². The lowest BCUT2D eigenvalue weighted by Crippen LogP contribution is -2.28. The van der Waals surface area contributed by atoms with Gasteiger partial charge in [-0.2, -0.15) is 0 Å². The van der Waals surface area contributed by atoms with Gasteiger partial charge in [0.25, 0.3) is 0 Å². The van der Waals surface area contributed by atoms with Crippen molar-refractivity contribution in [2.24, 2.45) is 0 Å². The third-order valence-electron chi connectivity index (χ3n) is 10.7. The fourth-order valence-corrected chi connectivity index (χ4v) is 8.40. The maximum absolute atomic E-state index is 5.11. The van der Waals surface area contributed by atoms with Crippen molar-refractivity contribution < 1.29 is 0 Å². The fraction of sp³-hybridized carbons (Fsp3) is 0.0408. The Morgan fingerprint density at radius 3 is 1.69 bits per heavy atom. The minimum Gasteiger partial charge on any atom is -0.292 e. The quantitative estimate of drug-likeness (QED) is 0.181. The van der Waals surface area contributed by atoms with Gasteiger partial charge >= 0.3 is 0 Å². The molecule has 2 heteroatoms. The maximum atomic E-state index is 5.11. The van der Waals surface area contributed by atoms with E-state index in [1.807, 2.05) is 0 Å². The van der Waals surface area contributed by atoms with Crippen molar-refractivity contribution in [3.63, 3.8) is 0 Å². The Bertz CT molecular complexity index is 2700. The molecule has 0 fully saturated rings. The predicted octanol–water partition coefficient (Wildman–Crippen LogP) is 12.2. The molecule has 0 spiro atoms. The second-order valence-electron chi connectivity index (χ2n) is 13.7. The number of fused-ring (bicyclic) bond motifs is 5. The van der Waals surface area contributed by atoms with Crippen molar-refractivity contribution in [1.82, 2.24) is 9.55 Å². The van der Waals surface area contributed by atoms with E-state index in [1.165, 1.54) is 60.8 Å². The summed E-state index contributed by atoms with van der Waals surface area (Å²) in [6.07, 6.45) is 0. The average Bonchev–Trinajstić information content (AvgIpc) is 3.72. The molecule has 9 aromatic rings. The molecule has 1 heterocycles. The van der Waals surface area contributed by atoms with Crippen molar-refractivity contribution >= 4 is 21.8 Å². The van der Waals surface area contributed by atoms with Crippen LogP contribution in [-0.2, 0) is 5.41 Å². The van der Waals surface area contributed by atoms with Crippen LogP contribution in [0.15, 0.2) is 188 Å². The van der Waals surface area contributed by atoms with E-state index in [9.17, 15) is 0 Å². The zero-order valence-corrected chi connectivity index (χ0v) is 28.3. The lowest BCUT2D eigenvalue weighted by molar-refractivity contribution is 0.768. The number of para-hydroxylation sites is 3. The van der Waals surface area contributed by atoms with Crippen molar-refractivity contribution in [1.29, 1.82) is 0 Å². The molecule has 0 aliphatic heterocycles. The van der Waals surface area contributed by atoms with Crippen LogP contribution >= 0.6 is 0 Å². The van der Waals surface area contributed by atoms with Crippen molar-refractivity contribution in [2.45, 2.75) is 12.3 Å². The molecule has 51 heavy (non-hydrogen) atoms. The van der Waals surface area contributed by atoms with Gasteiger partial charge in [0, 0.05) is 11.3 Å². The first-order chi connectivity index (χ1) is 25.2. The third kappa shape index (κ3) is 4.53. The number of benzene rings is 8. The first-order valence-corrected chi connectivity index (χ1v) is 17.6. The van der Waals surface area contributed by atoms with Gasteiger partial charge in [0.15, 0.2) is 0 Å². The second-order valence-corrected chi connectivity index (χ2v) is 13.7. The van der Waals surface area contributed by atoms with Crippen molar-refractivity contribution in [3.05, 3.63) is 216 Å². The number of aromatic nitrogens is 2. The van der Waals surface area contributed by atoms with E-state index < -0.39 is 5.41 Å². The molecular formula is C49H34N2. The highest BCUT2D eigenvalue weighted by Gasteiger charge is 2.46. The normalized spacial score (nSPS) is 13.0. The molecule has 240 valence electrons. The minimum atomic E-state index is -0.425. The molecule has 2 nitrogen and oxygen atoms in total. The van der Waals surface area contributed by atoms with Crippen LogP contribution < -0.4 is 0 Å². The summed E-state index contributed by atoms with van der Waals surface area (Å²) < 4.78 is 2.26. The van der Waals surface area contributed by atoms with Gasteiger partial charge in [0.2, 0.25) is 0 Å². The lowest BCUT2D eigenvalue weighted by atomic mass is 9.67. The Morgan fingerprint density at radius 2 is 0.980 bits per heavy atom. The van der Waals surface area contributed by atoms with Crippen molar-refractivity contribution in [3.8, 4) is 39.3 Å².